The molecule has 7 heteroatoms. The molecule has 1 aromatic heterocycles. The second kappa shape index (κ2) is 6.15. The second-order valence-corrected chi connectivity index (χ2v) is 4.08. The molecule has 0 atom stereocenters. The minimum atomic E-state index is -1.13. The van der Waals surface area contributed by atoms with Crippen molar-refractivity contribution in [2.45, 2.75) is 13.5 Å². The van der Waals surface area contributed by atoms with E-state index in [4.69, 9.17) is 9.63 Å². The molecule has 0 aromatic carbocycles. The summed E-state index contributed by atoms with van der Waals surface area (Å²) in [5, 5.41) is 12.1. The average molecular weight is 255 g/mol. The van der Waals surface area contributed by atoms with Gasteiger partial charge in [0.15, 0.2) is 11.5 Å². The third kappa shape index (κ3) is 3.85. The molecular formula is C11H17N3O4. The predicted molar refractivity (Wildman–Crippen MR) is 63.1 cm³/mol. The van der Waals surface area contributed by atoms with E-state index in [-0.39, 0.29) is 18.1 Å². The van der Waals surface area contributed by atoms with Crippen LogP contribution in [-0.2, 0) is 11.3 Å². The molecule has 0 spiro atoms. The van der Waals surface area contributed by atoms with Crippen LogP contribution < -0.4 is 0 Å². The number of aromatic carboxylic acids is 1. The van der Waals surface area contributed by atoms with Gasteiger partial charge in [-0.2, -0.15) is 0 Å². The van der Waals surface area contributed by atoms with E-state index in [2.05, 4.69) is 5.16 Å². The fraction of sp³-hybridized carbons (Fsp3) is 0.545. The number of amides is 1. The lowest BCUT2D eigenvalue weighted by Gasteiger charge is -2.20. The fourth-order valence-corrected chi connectivity index (χ4v) is 1.32. The van der Waals surface area contributed by atoms with Gasteiger partial charge in [-0.25, -0.2) is 4.79 Å². The highest BCUT2D eigenvalue weighted by atomic mass is 16.5. The van der Waals surface area contributed by atoms with Crippen LogP contribution in [0.4, 0.5) is 0 Å². The lowest BCUT2D eigenvalue weighted by atomic mass is 10.3. The molecule has 18 heavy (non-hydrogen) atoms. The van der Waals surface area contributed by atoms with Crippen molar-refractivity contribution in [2.75, 3.05) is 27.2 Å². The van der Waals surface area contributed by atoms with Crippen LogP contribution in [-0.4, -0.2) is 59.1 Å². The first-order chi connectivity index (χ1) is 8.43. The first-order valence-electron chi connectivity index (χ1n) is 5.55. The molecule has 0 saturated heterocycles. The number of carboxylic acids is 1. The minimum Gasteiger partial charge on any atom is -0.476 e. The molecule has 0 radical (unpaired) electrons. The number of carbonyl (C=O) groups excluding carboxylic acids is 1. The van der Waals surface area contributed by atoms with Crippen LogP contribution in [0, 0.1) is 0 Å². The molecule has 1 heterocycles. The molecule has 1 N–H and O–H groups in total. The molecule has 100 valence electrons. The van der Waals surface area contributed by atoms with Gasteiger partial charge in [0.25, 0.3) is 0 Å². The van der Waals surface area contributed by atoms with Crippen molar-refractivity contribution in [3.05, 3.63) is 17.5 Å². The lowest BCUT2D eigenvalue weighted by molar-refractivity contribution is -0.130. The van der Waals surface area contributed by atoms with Crippen molar-refractivity contribution in [2.24, 2.45) is 0 Å². The number of aromatic nitrogens is 1. The van der Waals surface area contributed by atoms with Gasteiger partial charge in [0.05, 0.1) is 13.1 Å². The first-order valence-corrected chi connectivity index (χ1v) is 5.55. The lowest BCUT2D eigenvalue weighted by Crippen LogP contribution is -2.36. The Kier molecular flexibility index (Phi) is 4.85. The molecule has 0 saturated carbocycles. The van der Waals surface area contributed by atoms with Gasteiger partial charge in [0.1, 0.15) is 0 Å². The number of carbonyl (C=O) groups is 2. The Balaban J connectivity index is 2.62. The largest absolute Gasteiger partial charge is 0.476 e. The van der Waals surface area contributed by atoms with Crippen LogP contribution in [0.5, 0.6) is 0 Å². The molecule has 0 aliphatic rings. The molecule has 0 unspecified atom stereocenters. The van der Waals surface area contributed by atoms with Gasteiger partial charge < -0.3 is 14.5 Å². The number of carboxylic acid groups (broad SMARTS) is 1. The van der Waals surface area contributed by atoms with E-state index in [0.29, 0.717) is 18.8 Å². The summed E-state index contributed by atoms with van der Waals surface area (Å²) < 4.78 is 4.90. The van der Waals surface area contributed by atoms with Crippen LogP contribution in [0.2, 0.25) is 0 Å². The Labute approximate surface area is 105 Å². The molecule has 7 nitrogen and oxygen atoms in total. The fourth-order valence-electron chi connectivity index (χ4n) is 1.32. The van der Waals surface area contributed by atoms with Crippen molar-refractivity contribution < 1.29 is 19.2 Å². The summed E-state index contributed by atoms with van der Waals surface area (Å²) in [6.45, 7) is 3.18. The van der Waals surface area contributed by atoms with Crippen molar-refractivity contribution in [3.8, 4) is 0 Å². The zero-order valence-electron chi connectivity index (χ0n) is 10.7. The van der Waals surface area contributed by atoms with Gasteiger partial charge in [-0.05, 0) is 6.54 Å². The van der Waals surface area contributed by atoms with E-state index in [1.807, 2.05) is 11.8 Å². The monoisotopic (exact) mass is 255 g/mol. The molecular weight excluding hydrogens is 238 g/mol. The molecule has 0 aliphatic carbocycles. The normalized spacial score (nSPS) is 10.7. The standard InChI is InChI=1S/C11H17N3O4/c1-4-14(7-10(15)13(2)3)6-8-5-9(11(16)17)12-18-8/h5H,4,6-7H2,1-3H3,(H,16,17). The van der Waals surface area contributed by atoms with E-state index < -0.39 is 5.97 Å². The number of hydrogen-bond donors (Lipinski definition) is 1. The van der Waals surface area contributed by atoms with Crippen LogP contribution in [0.15, 0.2) is 10.6 Å². The molecule has 0 aliphatic heterocycles. The zero-order chi connectivity index (χ0) is 13.7. The Morgan fingerprint density at radius 1 is 1.44 bits per heavy atom. The van der Waals surface area contributed by atoms with Crippen molar-refractivity contribution in [1.82, 2.24) is 15.0 Å². The SMILES string of the molecule is CCN(CC(=O)N(C)C)Cc1cc(C(=O)O)no1. The highest BCUT2D eigenvalue weighted by Crippen LogP contribution is 2.07. The van der Waals surface area contributed by atoms with Crippen molar-refractivity contribution >= 4 is 11.9 Å². The number of likely N-dealkylation sites (N-methyl/N-ethyl adjacent to an activating group) is 2. The average Bonchev–Trinajstić information content (AvgIpc) is 2.76. The summed E-state index contributed by atoms with van der Waals surface area (Å²) in [5.74, 6) is -0.715. The van der Waals surface area contributed by atoms with Gasteiger partial charge >= 0.3 is 5.97 Å². The zero-order valence-corrected chi connectivity index (χ0v) is 10.7. The van der Waals surface area contributed by atoms with Gasteiger partial charge in [-0.15, -0.1) is 0 Å². The van der Waals surface area contributed by atoms with E-state index in [9.17, 15) is 9.59 Å². The topological polar surface area (TPSA) is 86.9 Å². The smallest absolute Gasteiger partial charge is 0.358 e. The van der Waals surface area contributed by atoms with E-state index in [1.165, 1.54) is 11.0 Å². The van der Waals surface area contributed by atoms with Gasteiger partial charge in [-0.3, -0.25) is 9.69 Å². The summed E-state index contributed by atoms with van der Waals surface area (Å²) in [4.78, 5) is 25.5. The summed E-state index contributed by atoms with van der Waals surface area (Å²) in [6.07, 6.45) is 0. The Morgan fingerprint density at radius 2 is 2.11 bits per heavy atom. The highest BCUT2D eigenvalue weighted by Gasteiger charge is 2.15. The van der Waals surface area contributed by atoms with Gasteiger partial charge in [0, 0.05) is 20.2 Å². The van der Waals surface area contributed by atoms with E-state index in [1.54, 1.807) is 14.1 Å². The third-order valence-corrected chi connectivity index (χ3v) is 2.46. The number of hydrogen-bond acceptors (Lipinski definition) is 5. The van der Waals surface area contributed by atoms with Crippen LogP contribution in [0.3, 0.4) is 0 Å². The number of nitrogens with zero attached hydrogens (tertiary/aromatic N) is 3. The summed E-state index contributed by atoms with van der Waals surface area (Å²) in [6, 6.07) is 1.37. The molecule has 0 fully saturated rings. The third-order valence-electron chi connectivity index (χ3n) is 2.46. The summed E-state index contributed by atoms with van der Waals surface area (Å²) in [5.41, 5.74) is -0.125. The molecule has 1 aromatic rings. The maximum Gasteiger partial charge on any atom is 0.358 e. The summed E-state index contributed by atoms with van der Waals surface area (Å²) >= 11 is 0. The molecule has 1 rings (SSSR count). The molecule has 0 bridgehead atoms. The quantitative estimate of drug-likeness (QED) is 0.785. The second-order valence-electron chi connectivity index (χ2n) is 4.08. The van der Waals surface area contributed by atoms with Crippen LogP contribution in [0.25, 0.3) is 0 Å². The van der Waals surface area contributed by atoms with Crippen LogP contribution in [0.1, 0.15) is 23.2 Å². The number of rotatable bonds is 6. The molecule has 1 amide bonds. The van der Waals surface area contributed by atoms with E-state index in [0.717, 1.165) is 0 Å². The van der Waals surface area contributed by atoms with Gasteiger partial charge in [0.2, 0.25) is 5.91 Å². The summed E-state index contributed by atoms with van der Waals surface area (Å²) in [7, 11) is 3.38. The van der Waals surface area contributed by atoms with Crippen molar-refractivity contribution in [1.29, 1.82) is 0 Å². The van der Waals surface area contributed by atoms with Crippen molar-refractivity contribution in [3.63, 3.8) is 0 Å². The maximum absolute atomic E-state index is 11.6. The van der Waals surface area contributed by atoms with Crippen LogP contribution >= 0.6 is 0 Å². The Bertz CT molecular complexity index is 428. The Hall–Kier alpha value is -1.89. The van der Waals surface area contributed by atoms with Gasteiger partial charge in [-0.1, -0.05) is 12.1 Å². The minimum absolute atomic E-state index is 0.0187. The Morgan fingerprint density at radius 3 is 2.56 bits per heavy atom. The van der Waals surface area contributed by atoms with E-state index >= 15 is 0 Å². The maximum atomic E-state index is 11.6. The first kappa shape index (κ1) is 14.2. The highest BCUT2D eigenvalue weighted by molar-refractivity contribution is 5.85. The predicted octanol–water partition coefficient (Wildman–Crippen LogP) is 0.283.